The second kappa shape index (κ2) is 5.96. The van der Waals surface area contributed by atoms with E-state index in [4.69, 9.17) is 4.74 Å². The van der Waals surface area contributed by atoms with Gasteiger partial charge in [0, 0.05) is 11.5 Å². The minimum absolute atomic E-state index is 0.0179. The van der Waals surface area contributed by atoms with Gasteiger partial charge in [-0.1, -0.05) is 6.92 Å². The largest absolute Gasteiger partial charge is 0.494 e. The minimum Gasteiger partial charge on any atom is -0.494 e. The molecule has 4 nitrogen and oxygen atoms in total. The molecule has 1 aliphatic carbocycles. The van der Waals surface area contributed by atoms with E-state index in [0.29, 0.717) is 26.6 Å². The Labute approximate surface area is 140 Å². The van der Waals surface area contributed by atoms with Gasteiger partial charge in [0.1, 0.15) is 10.7 Å². The molecule has 0 spiro atoms. The predicted molar refractivity (Wildman–Crippen MR) is 87.7 cm³/mol. The molecule has 0 bridgehead atoms. The van der Waals surface area contributed by atoms with Gasteiger partial charge in [-0.05, 0) is 58.0 Å². The number of benzene rings is 1. The van der Waals surface area contributed by atoms with Crippen molar-refractivity contribution in [2.45, 2.75) is 13.3 Å². The SMILES string of the molecule is COc1ccc(-c2nsc(NC(=O)C3CC3C)c2Br)cc1F. The highest BCUT2D eigenvalue weighted by atomic mass is 79.9. The van der Waals surface area contributed by atoms with Crippen molar-refractivity contribution in [3.05, 3.63) is 28.5 Å². The summed E-state index contributed by atoms with van der Waals surface area (Å²) in [6.07, 6.45) is 0.929. The molecule has 0 radical (unpaired) electrons. The van der Waals surface area contributed by atoms with Crippen molar-refractivity contribution in [3.63, 3.8) is 0 Å². The first-order valence-electron chi connectivity index (χ1n) is 6.81. The second-order valence-electron chi connectivity index (χ2n) is 5.33. The predicted octanol–water partition coefficient (Wildman–Crippen LogP) is 4.31. The van der Waals surface area contributed by atoms with Crippen LogP contribution in [0.5, 0.6) is 5.75 Å². The van der Waals surface area contributed by atoms with E-state index in [-0.39, 0.29) is 17.6 Å². The van der Waals surface area contributed by atoms with Crippen molar-refractivity contribution in [2.24, 2.45) is 11.8 Å². The molecule has 1 aromatic carbocycles. The number of methoxy groups -OCH3 is 1. The number of anilines is 1. The molecule has 2 aromatic rings. The van der Waals surface area contributed by atoms with Crippen molar-refractivity contribution < 1.29 is 13.9 Å². The lowest BCUT2D eigenvalue weighted by Gasteiger charge is -2.04. The zero-order chi connectivity index (χ0) is 15.9. The lowest BCUT2D eigenvalue weighted by atomic mass is 10.1. The Hall–Kier alpha value is -1.47. The van der Waals surface area contributed by atoms with Crippen molar-refractivity contribution in [1.29, 1.82) is 0 Å². The van der Waals surface area contributed by atoms with Crippen LogP contribution < -0.4 is 10.1 Å². The summed E-state index contributed by atoms with van der Waals surface area (Å²) in [5.41, 5.74) is 1.23. The van der Waals surface area contributed by atoms with Crippen LogP contribution in [-0.4, -0.2) is 17.4 Å². The van der Waals surface area contributed by atoms with Crippen LogP contribution in [-0.2, 0) is 4.79 Å². The molecule has 116 valence electrons. The average Bonchev–Trinajstić information content (AvgIpc) is 3.12. The van der Waals surface area contributed by atoms with Crippen LogP contribution in [0.3, 0.4) is 0 Å². The molecule has 7 heteroatoms. The standard InChI is InChI=1S/C15H14BrFN2O2S/c1-7-5-9(7)14(20)18-15-12(16)13(19-22-15)8-3-4-11(21-2)10(17)6-8/h3-4,6-7,9H,5H2,1-2H3,(H,18,20). The summed E-state index contributed by atoms with van der Waals surface area (Å²) < 4.78 is 23.7. The lowest BCUT2D eigenvalue weighted by molar-refractivity contribution is -0.117. The molecule has 1 saturated carbocycles. The summed E-state index contributed by atoms with van der Waals surface area (Å²) >= 11 is 4.62. The Morgan fingerprint density at radius 1 is 1.55 bits per heavy atom. The first-order valence-corrected chi connectivity index (χ1v) is 8.38. The summed E-state index contributed by atoms with van der Waals surface area (Å²) in [5, 5.41) is 3.53. The van der Waals surface area contributed by atoms with Crippen molar-refractivity contribution in [3.8, 4) is 17.0 Å². The van der Waals surface area contributed by atoms with Crippen LogP contribution in [0, 0.1) is 17.7 Å². The topological polar surface area (TPSA) is 51.2 Å². The molecule has 22 heavy (non-hydrogen) atoms. The number of rotatable bonds is 4. The van der Waals surface area contributed by atoms with E-state index in [1.807, 2.05) is 0 Å². The van der Waals surface area contributed by atoms with E-state index >= 15 is 0 Å². The van der Waals surface area contributed by atoms with E-state index < -0.39 is 5.82 Å². The van der Waals surface area contributed by atoms with Gasteiger partial charge in [0.2, 0.25) is 5.91 Å². The van der Waals surface area contributed by atoms with Gasteiger partial charge >= 0.3 is 0 Å². The fourth-order valence-electron chi connectivity index (χ4n) is 2.24. The van der Waals surface area contributed by atoms with Gasteiger partial charge in [0.25, 0.3) is 0 Å². The maximum absolute atomic E-state index is 13.8. The summed E-state index contributed by atoms with van der Waals surface area (Å²) in [7, 11) is 1.42. The third kappa shape index (κ3) is 2.87. The third-order valence-electron chi connectivity index (χ3n) is 3.74. The summed E-state index contributed by atoms with van der Waals surface area (Å²) in [6.45, 7) is 2.05. The van der Waals surface area contributed by atoms with Crippen LogP contribution in [0.15, 0.2) is 22.7 Å². The minimum atomic E-state index is -0.447. The number of hydrogen-bond acceptors (Lipinski definition) is 4. The Morgan fingerprint density at radius 2 is 2.27 bits per heavy atom. The third-order valence-corrected chi connectivity index (χ3v) is 5.54. The van der Waals surface area contributed by atoms with Crippen molar-refractivity contribution >= 4 is 38.4 Å². The van der Waals surface area contributed by atoms with Crippen molar-refractivity contribution in [1.82, 2.24) is 4.37 Å². The number of hydrogen-bond donors (Lipinski definition) is 1. The molecule has 1 amide bonds. The Kier molecular flexibility index (Phi) is 4.18. The first kappa shape index (κ1) is 15.4. The smallest absolute Gasteiger partial charge is 0.228 e. The molecule has 1 heterocycles. The number of carbonyl (C=O) groups is 1. The van der Waals surface area contributed by atoms with Gasteiger partial charge in [-0.3, -0.25) is 4.79 Å². The maximum atomic E-state index is 13.8. The average molecular weight is 385 g/mol. The molecule has 0 aliphatic heterocycles. The van der Waals surface area contributed by atoms with Crippen LogP contribution in [0.25, 0.3) is 11.3 Å². The van der Waals surface area contributed by atoms with E-state index in [2.05, 4.69) is 32.5 Å². The molecule has 2 atom stereocenters. The molecule has 3 rings (SSSR count). The van der Waals surface area contributed by atoms with Gasteiger partial charge in [0.05, 0.1) is 11.6 Å². The molecule has 0 saturated heterocycles. The zero-order valence-corrected chi connectivity index (χ0v) is 14.4. The highest BCUT2D eigenvalue weighted by Gasteiger charge is 2.39. The normalized spacial score (nSPS) is 19.8. The lowest BCUT2D eigenvalue weighted by Crippen LogP contribution is -2.13. The second-order valence-corrected chi connectivity index (χ2v) is 6.90. The number of amides is 1. The maximum Gasteiger partial charge on any atom is 0.228 e. The Morgan fingerprint density at radius 3 is 2.86 bits per heavy atom. The monoisotopic (exact) mass is 384 g/mol. The molecule has 1 fully saturated rings. The van der Waals surface area contributed by atoms with Gasteiger partial charge in [-0.2, -0.15) is 4.37 Å². The van der Waals surface area contributed by atoms with Crippen molar-refractivity contribution in [2.75, 3.05) is 12.4 Å². The van der Waals surface area contributed by atoms with Gasteiger partial charge < -0.3 is 10.1 Å². The Balaban J connectivity index is 1.83. The first-order chi connectivity index (χ1) is 10.5. The highest BCUT2D eigenvalue weighted by molar-refractivity contribution is 9.10. The van der Waals surface area contributed by atoms with Crippen LogP contribution in [0.2, 0.25) is 0 Å². The number of nitrogens with zero attached hydrogens (tertiary/aromatic N) is 1. The van der Waals surface area contributed by atoms with E-state index in [0.717, 1.165) is 6.42 Å². The molecule has 1 aliphatic rings. The van der Waals surface area contributed by atoms with E-state index in [1.54, 1.807) is 12.1 Å². The number of aromatic nitrogens is 1. The highest BCUT2D eigenvalue weighted by Crippen LogP contribution is 2.41. The number of carbonyl (C=O) groups excluding carboxylic acids is 1. The fourth-order valence-corrected chi connectivity index (χ4v) is 3.70. The number of ether oxygens (including phenoxy) is 1. The van der Waals surface area contributed by atoms with E-state index in [1.165, 1.54) is 24.7 Å². The molecule has 1 aromatic heterocycles. The van der Waals surface area contributed by atoms with Gasteiger partial charge in [-0.25, -0.2) is 4.39 Å². The van der Waals surface area contributed by atoms with E-state index in [9.17, 15) is 9.18 Å². The molecular formula is C15H14BrFN2O2S. The fraction of sp³-hybridized carbons (Fsp3) is 0.333. The summed E-state index contributed by atoms with van der Waals surface area (Å²) in [4.78, 5) is 12.0. The summed E-state index contributed by atoms with van der Waals surface area (Å²) in [6, 6.07) is 4.66. The van der Waals surface area contributed by atoms with Gasteiger partial charge in [0.15, 0.2) is 11.6 Å². The zero-order valence-electron chi connectivity index (χ0n) is 12.0. The molecular weight excluding hydrogens is 371 g/mol. The van der Waals surface area contributed by atoms with Crippen LogP contribution >= 0.6 is 27.5 Å². The molecule has 1 N–H and O–H groups in total. The number of halogens is 2. The quantitative estimate of drug-likeness (QED) is 0.853. The van der Waals surface area contributed by atoms with Crippen LogP contribution in [0.4, 0.5) is 9.39 Å². The van der Waals surface area contributed by atoms with Gasteiger partial charge in [-0.15, -0.1) is 0 Å². The molecule has 2 unspecified atom stereocenters. The Bertz CT molecular complexity index is 734. The number of nitrogens with one attached hydrogen (secondary N) is 1. The van der Waals surface area contributed by atoms with Crippen LogP contribution in [0.1, 0.15) is 13.3 Å². The summed E-state index contributed by atoms with van der Waals surface area (Å²) in [5.74, 6) is 0.297.